The highest BCUT2D eigenvalue weighted by molar-refractivity contribution is 5.01. The Hall–Kier alpha value is -0.0800. The van der Waals surface area contributed by atoms with E-state index in [2.05, 4.69) is 12.2 Å². The molecule has 3 fully saturated rings. The highest BCUT2D eigenvalue weighted by Gasteiger charge is 2.44. The maximum atomic E-state index is 6.18. The Balaban J connectivity index is 1.58. The van der Waals surface area contributed by atoms with E-state index >= 15 is 0 Å². The van der Waals surface area contributed by atoms with Crippen LogP contribution in [-0.4, -0.2) is 18.1 Å². The Labute approximate surface area is 118 Å². The van der Waals surface area contributed by atoms with Crippen LogP contribution in [0, 0.1) is 11.3 Å². The molecule has 19 heavy (non-hydrogen) atoms. The van der Waals surface area contributed by atoms with E-state index in [1.807, 2.05) is 0 Å². The summed E-state index contributed by atoms with van der Waals surface area (Å²) < 4.78 is 0. The van der Waals surface area contributed by atoms with Crippen LogP contribution in [0.5, 0.6) is 0 Å². The Morgan fingerprint density at radius 2 is 1.68 bits per heavy atom. The molecule has 3 saturated carbocycles. The van der Waals surface area contributed by atoms with Crippen molar-refractivity contribution in [2.75, 3.05) is 6.54 Å². The molecule has 2 heteroatoms. The molecule has 2 atom stereocenters. The molecule has 0 aromatic heterocycles. The molecule has 0 amide bonds. The smallest absolute Gasteiger partial charge is 0.0306 e. The first kappa shape index (κ1) is 13.9. The molecule has 0 bridgehead atoms. The largest absolute Gasteiger partial charge is 0.329 e. The van der Waals surface area contributed by atoms with Crippen LogP contribution in [0.2, 0.25) is 0 Å². The molecule has 1 spiro atoms. The van der Waals surface area contributed by atoms with Crippen LogP contribution in [-0.2, 0) is 0 Å². The molecular formula is C17H32N2. The van der Waals surface area contributed by atoms with Gasteiger partial charge in [0.1, 0.15) is 0 Å². The highest BCUT2D eigenvalue weighted by atomic mass is 15.0. The summed E-state index contributed by atoms with van der Waals surface area (Å²) in [6.07, 6.45) is 15.6. The molecule has 0 aromatic carbocycles. The number of nitrogens with one attached hydrogen (secondary N) is 1. The van der Waals surface area contributed by atoms with Crippen molar-refractivity contribution < 1.29 is 0 Å². The highest BCUT2D eigenvalue weighted by Crippen LogP contribution is 2.51. The van der Waals surface area contributed by atoms with Crippen molar-refractivity contribution in [1.82, 2.24) is 5.32 Å². The van der Waals surface area contributed by atoms with Crippen LogP contribution in [0.25, 0.3) is 0 Å². The van der Waals surface area contributed by atoms with Crippen LogP contribution in [0.15, 0.2) is 0 Å². The Morgan fingerprint density at radius 1 is 1.00 bits per heavy atom. The first-order chi connectivity index (χ1) is 9.15. The SMILES string of the molecule is CC1CCC(NC2(CN)CCC3(CCCC3)CC2)C1. The van der Waals surface area contributed by atoms with Gasteiger partial charge in [0.25, 0.3) is 0 Å². The molecule has 3 rings (SSSR count). The number of nitrogens with two attached hydrogens (primary N) is 1. The fourth-order valence-corrected chi connectivity index (χ4v) is 5.06. The van der Waals surface area contributed by atoms with Crippen LogP contribution < -0.4 is 11.1 Å². The van der Waals surface area contributed by atoms with Crippen LogP contribution in [0.1, 0.15) is 77.6 Å². The van der Waals surface area contributed by atoms with Crippen molar-refractivity contribution in [3.63, 3.8) is 0 Å². The number of rotatable bonds is 3. The van der Waals surface area contributed by atoms with Gasteiger partial charge in [-0.25, -0.2) is 0 Å². The van der Waals surface area contributed by atoms with Gasteiger partial charge in [0.15, 0.2) is 0 Å². The quantitative estimate of drug-likeness (QED) is 0.817. The second kappa shape index (κ2) is 5.37. The van der Waals surface area contributed by atoms with E-state index in [9.17, 15) is 0 Å². The average molecular weight is 264 g/mol. The summed E-state index contributed by atoms with van der Waals surface area (Å²) in [6, 6.07) is 0.746. The number of hydrogen-bond acceptors (Lipinski definition) is 2. The van der Waals surface area contributed by atoms with Gasteiger partial charge in [0, 0.05) is 18.1 Å². The van der Waals surface area contributed by atoms with Crippen LogP contribution in [0.3, 0.4) is 0 Å². The lowest BCUT2D eigenvalue weighted by Crippen LogP contribution is -2.57. The minimum Gasteiger partial charge on any atom is -0.329 e. The van der Waals surface area contributed by atoms with E-state index in [1.54, 1.807) is 0 Å². The molecular weight excluding hydrogens is 232 g/mol. The third-order valence-corrected chi connectivity index (χ3v) is 6.53. The first-order valence-corrected chi connectivity index (χ1v) is 8.63. The zero-order chi connectivity index (χ0) is 13.3. The van der Waals surface area contributed by atoms with Gasteiger partial charge >= 0.3 is 0 Å². The summed E-state index contributed by atoms with van der Waals surface area (Å²) in [6.45, 7) is 3.24. The minimum absolute atomic E-state index is 0.280. The maximum absolute atomic E-state index is 6.18. The van der Waals surface area contributed by atoms with Crippen molar-refractivity contribution >= 4 is 0 Å². The van der Waals surface area contributed by atoms with Gasteiger partial charge in [-0.15, -0.1) is 0 Å². The fourth-order valence-electron chi connectivity index (χ4n) is 5.06. The van der Waals surface area contributed by atoms with Crippen molar-refractivity contribution in [3.05, 3.63) is 0 Å². The van der Waals surface area contributed by atoms with Gasteiger partial charge in [0.2, 0.25) is 0 Å². The zero-order valence-electron chi connectivity index (χ0n) is 12.7. The van der Waals surface area contributed by atoms with Crippen molar-refractivity contribution in [1.29, 1.82) is 0 Å². The van der Waals surface area contributed by atoms with Crippen molar-refractivity contribution in [2.24, 2.45) is 17.1 Å². The second-order valence-electron chi connectivity index (χ2n) is 7.95. The summed E-state index contributed by atoms with van der Waals surface area (Å²) >= 11 is 0. The molecule has 0 aliphatic heterocycles. The van der Waals surface area contributed by atoms with E-state index in [0.29, 0.717) is 0 Å². The van der Waals surface area contributed by atoms with Crippen molar-refractivity contribution in [2.45, 2.75) is 89.1 Å². The normalized spacial score (nSPS) is 36.9. The van der Waals surface area contributed by atoms with Gasteiger partial charge in [0.05, 0.1) is 0 Å². The summed E-state index contributed by atoms with van der Waals surface area (Å²) in [5.41, 5.74) is 7.18. The molecule has 3 aliphatic carbocycles. The van der Waals surface area contributed by atoms with Crippen LogP contribution >= 0.6 is 0 Å². The number of hydrogen-bond donors (Lipinski definition) is 2. The van der Waals surface area contributed by atoms with E-state index in [-0.39, 0.29) is 5.54 Å². The summed E-state index contributed by atoms with van der Waals surface area (Å²) in [4.78, 5) is 0. The van der Waals surface area contributed by atoms with Crippen LogP contribution in [0.4, 0.5) is 0 Å². The maximum Gasteiger partial charge on any atom is 0.0306 e. The van der Waals surface area contributed by atoms with Crippen molar-refractivity contribution in [3.8, 4) is 0 Å². The van der Waals surface area contributed by atoms with E-state index < -0.39 is 0 Å². The molecule has 2 unspecified atom stereocenters. The zero-order valence-corrected chi connectivity index (χ0v) is 12.7. The van der Waals surface area contributed by atoms with Gasteiger partial charge in [-0.1, -0.05) is 19.8 Å². The molecule has 0 heterocycles. The van der Waals surface area contributed by atoms with Gasteiger partial charge < -0.3 is 11.1 Å². The predicted molar refractivity (Wildman–Crippen MR) is 81.1 cm³/mol. The molecule has 3 aliphatic rings. The lowest BCUT2D eigenvalue weighted by molar-refractivity contribution is 0.106. The average Bonchev–Trinajstić information content (AvgIpc) is 3.03. The topological polar surface area (TPSA) is 38.0 Å². The minimum atomic E-state index is 0.280. The summed E-state index contributed by atoms with van der Waals surface area (Å²) in [5.74, 6) is 0.914. The van der Waals surface area contributed by atoms with Gasteiger partial charge in [-0.3, -0.25) is 0 Å². The second-order valence-corrected chi connectivity index (χ2v) is 7.95. The Morgan fingerprint density at radius 3 is 2.21 bits per heavy atom. The van der Waals surface area contributed by atoms with Gasteiger partial charge in [-0.2, -0.15) is 0 Å². The molecule has 2 nitrogen and oxygen atoms in total. The molecule has 110 valence electrons. The van der Waals surface area contributed by atoms with E-state index in [1.165, 1.54) is 70.6 Å². The third-order valence-electron chi connectivity index (χ3n) is 6.53. The summed E-state index contributed by atoms with van der Waals surface area (Å²) in [7, 11) is 0. The molecule has 0 saturated heterocycles. The first-order valence-electron chi connectivity index (χ1n) is 8.63. The van der Waals surface area contributed by atoms with E-state index in [0.717, 1.165) is 23.9 Å². The fraction of sp³-hybridized carbons (Fsp3) is 1.00. The van der Waals surface area contributed by atoms with E-state index in [4.69, 9.17) is 5.73 Å². The monoisotopic (exact) mass is 264 g/mol. The Kier molecular flexibility index (Phi) is 3.92. The Bertz CT molecular complexity index is 296. The molecule has 3 N–H and O–H groups in total. The lowest BCUT2D eigenvalue weighted by atomic mass is 9.66. The standard InChI is InChI=1S/C17H32N2/c1-14-4-5-15(12-14)19-17(13-18)10-8-16(9-11-17)6-2-3-7-16/h14-15,19H,2-13,18H2,1H3. The lowest BCUT2D eigenvalue weighted by Gasteiger charge is -2.46. The third kappa shape index (κ3) is 2.85. The molecule has 0 radical (unpaired) electrons. The van der Waals surface area contributed by atoms with Gasteiger partial charge in [-0.05, 0) is 69.1 Å². The molecule has 0 aromatic rings. The summed E-state index contributed by atoms with van der Waals surface area (Å²) in [5, 5.41) is 3.99. The predicted octanol–water partition coefficient (Wildman–Crippen LogP) is 3.60.